The lowest BCUT2D eigenvalue weighted by Gasteiger charge is -2.25. The molecule has 0 amide bonds. The molecular formula is C18H24NO4P. The van der Waals surface area contributed by atoms with E-state index in [9.17, 15) is 4.57 Å². The van der Waals surface area contributed by atoms with E-state index < -0.39 is 13.4 Å². The normalized spacial score (nSPS) is 22.3. The zero-order valence-corrected chi connectivity index (χ0v) is 15.2. The van der Waals surface area contributed by atoms with Gasteiger partial charge in [0.05, 0.1) is 13.2 Å². The van der Waals surface area contributed by atoms with Crippen molar-refractivity contribution in [2.75, 3.05) is 20.3 Å². The Morgan fingerprint density at radius 1 is 1.12 bits per heavy atom. The Morgan fingerprint density at radius 2 is 1.79 bits per heavy atom. The summed E-state index contributed by atoms with van der Waals surface area (Å²) >= 11 is 0. The van der Waals surface area contributed by atoms with Crippen molar-refractivity contribution in [3.05, 3.63) is 48.0 Å². The highest BCUT2D eigenvalue weighted by Gasteiger charge is 2.46. The monoisotopic (exact) mass is 349 g/mol. The molecule has 0 radical (unpaired) electrons. The number of benzene rings is 2. The Bertz CT molecular complexity index is 735. The SMILES string of the molecule is CCOP(=O)(OCC)C1CC(c2cccc3ccccc23)ON1C. The van der Waals surface area contributed by atoms with Crippen LogP contribution in [0.5, 0.6) is 0 Å². The Morgan fingerprint density at radius 3 is 2.50 bits per heavy atom. The fourth-order valence-electron chi connectivity index (χ4n) is 3.27. The lowest BCUT2D eigenvalue weighted by molar-refractivity contribution is -0.136. The number of rotatable bonds is 6. The molecule has 130 valence electrons. The van der Waals surface area contributed by atoms with Gasteiger partial charge in [-0.15, -0.1) is 0 Å². The van der Waals surface area contributed by atoms with Crippen molar-refractivity contribution in [3.8, 4) is 0 Å². The minimum absolute atomic E-state index is 0.166. The molecule has 0 aromatic heterocycles. The summed E-state index contributed by atoms with van der Waals surface area (Å²) in [5, 5.41) is 3.96. The van der Waals surface area contributed by atoms with Crippen molar-refractivity contribution in [1.82, 2.24) is 5.06 Å². The first kappa shape index (κ1) is 17.6. The van der Waals surface area contributed by atoms with Crippen LogP contribution in [0.15, 0.2) is 42.5 Å². The molecule has 2 atom stereocenters. The van der Waals surface area contributed by atoms with E-state index in [0.717, 1.165) is 10.9 Å². The molecular weight excluding hydrogens is 325 g/mol. The smallest absolute Gasteiger partial charge is 0.308 e. The van der Waals surface area contributed by atoms with E-state index in [1.165, 1.54) is 5.39 Å². The van der Waals surface area contributed by atoms with Crippen LogP contribution in [0.2, 0.25) is 0 Å². The summed E-state index contributed by atoms with van der Waals surface area (Å²) in [7, 11) is -1.45. The van der Waals surface area contributed by atoms with Crippen molar-refractivity contribution in [1.29, 1.82) is 0 Å². The van der Waals surface area contributed by atoms with Crippen molar-refractivity contribution >= 4 is 18.4 Å². The maximum atomic E-state index is 13.1. The van der Waals surface area contributed by atoms with Gasteiger partial charge in [0.15, 0.2) is 0 Å². The third-order valence-corrected chi connectivity index (χ3v) is 6.79. The van der Waals surface area contributed by atoms with Crippen molar-refractivity contribution in [2.24, 2.45) is 0 Å². The van der Waals surface area contributed by atoms with Crippen LogP contribution in [0.1, 0.15) is 31.9 Å². The number of hydroxylamine groups is 2. The van der Waals surface area contributed by atoms with Gasteiger partial charge < -0.3 is 9.05 Å². The van der Waals surface area contributed by atoms with Crippen LogP contribution in [0.4, 0.5) is 0 Å². The highest BCUT2D eigenvalue weighted by atomic mass is 31.2. The maximum Gasteiger partial charge on any atom is 0.350 e. The summed E-state index contributed by atoms with van der Waals surface area (Å²) in [6.07, 6.45) is 0.405. The van der Waals surface area contributed by atoms with E-state index in [-0.39, 0.29) is 6.10 Å². The third-order valence-electron chi connectivity index (χ3n) is 4.29. The van der Waals surface area contributed by atoms with Gasteiger partial charge in [-0.3, -0.25) is 9.40 Å². The van der Waals surface area contributed by atoms with Gasteiger partial charge in [0.25, 0.3) is 0 Å². The second kappa shape index (κ2) is 7.34. The van der Waals surface area contributed by atoms with Gasteiger partial charge in [-0.25, -0.2) is 0 Å². The van der Waals surface area contributed by atoms with Gasteiger partial charge >= 0.3 is 7.60 Å². The van der Waals surface area contributed by atoms with E-state index in [1.54, 1.807) is 12.1 Å². The topological polar surface area (TPSA) is 48.0 Å². The molecule has 2 unspecified atom stereocenters. The second-order valence-corrected chi connectivity index (χ2v) is 7.99. The van der Waals surface area contributed by atoms with Crippen LogP contribution in [-0.4, -0.2) is 31.1 Å². The standard InChI is InChI=1S/C18H24NO4P/c1-4-21-24(20,22-5-2)18-13-17(23-19(18)3)16-12-8-10-14-9-6-7-11-15(14)16/h6-12,17-18H,4-5,13H2,1-3H3. The van der Waals surface area contributed by atoms with Crippen LogP contribution in [0.3, 0.4) is 0 Å². The average molecular weight is 349 g/mol. The number of hydrogen-bond acceptors (Lipinski definition) is 5. The summed E-state index contributed by atoms with van der Waals surface area (Å²) in [6, 6.07) is 14.4. The number of fused-ring (bicyclic) bond motifs is 1. The van der Waals surface area contributed by atoms with Crippen molar-refractivity contribution in [2.45, 2.75) is 32.2 Å². The maximum absolute atomic E-state index is 13.1. The minimum atomic E-state index is -3.24. The van der Waals surface area contributed by atoms with Gasteiger partial charge in [0, 0.05) is 13.5 Å². The van der Waals surface area contributed by atoms with Crippen LogP contribution < -0.4 is 0 Å². The van der Waals surface area contributed by atoms with Gasteiger partial charge in [-0.05, 0) is 30.2 Å². The molecule has 0 saturated carbocycles. The molecule has 2 aromatic carbocycles. The largest absolute Gasteiger partial charge is 0.350 e. The second-order valence-electron chi connectivity index (χ2n) is 5.80. The van der Waals surface area contributed by atoms with Crippen LogP contribution >= 0.6 is 7.60 Å². The first-order valence-electron chi connectivity index (χ1n) is 8.35. The zero-order valence-electron chi connectivity index (χ0n) is 14.3. The molecule has 1 aliphatic heterocycles. The first-order valence-corrected chi connectivity index (χ1v) is 9.96. The van der Waals surface area contributed by atoms with E-state index in [0.29, 0.717) is 19.6 Å². The molecule has 24 heavy (non-hydrogen) atoms. The Labute approximate surface area is 143 Å². The molecule has 1 saturated heterocycles. The van der Waals surface area contributed by atoms with E-state index in [2.05, 4.69) is 24.3 Å². The predicted molar refractivity (Wildman–Crippen MR) is 94.8 cm³/mol. The summed E-state index contributed by atoms with van der Waals surface area (Å²) in [5.41, 5.74) is 1.10. The molecule has 3 rings (SSSR count). The quantitative estimate of drug-likeness (QED) is 0.705. The molecule has 0 spiro atoms. The molecule has 0 bridgehead atoms. The van der Waals surface area contributed by atoms with Crippen molar-refractivity contribution < 1.29 is 18.5 Å². The Kier molecular flexibility index (Phi) is 5.38. The Hall–Kier alpha value is -1.23. The summed E-state index contributed by atoms with van der Waals surface area (Å²) in [6.45, 7) is 4.34. The molecule has 6 heteroatoms. The first-order chi connectivity index (χ1) is 11.6. The van der Waals surface area contributed by atoms with Crippen LogP contribution in [0.25, 0.3) is 10.8 Å². The van der Waals surface area contributed by atoms with Gasteiger partial charge in [-0.1, -0.05) is 42.5 Å². The summed E-state index contributed by atoms with van der Waals surface area (Å²) < 4.78 is 24.1. The Balaban J connectivity index is 1.91. The minimum Gasteiger partial charge on any atom is -0.308 e. The summed E-state index contributed by atoms with van der Waals surface area (Å²) in [4.78, 5) is 6.01. The fourth-order valence-corrected chi connectivity index (χ4v) is 5.31. The van der Waals surface area contributed by atoms with Crippen molar-refractivity contribution in [3.63, 3.8) is 0 Å². The number of hydrogen-bond donors (Lipinski definition) is 0. The summed E-state index contributed by atoms with van der Waals surface area (Å²) in [5.74, 6) is -0.402. The van der Waals surface area contributed by atoms with Gasteiger partial charge in [-0.2, -0.15) is 5.06 Å². The van der Waals surface area contributed by atoms with Gasteiger partial charge in [0.1, 0.15) is 11.9 Å². The third kappa shape index (κ3) is 3.28. The molecule has 2 aromatic rings. The van der Waals surface area contributed by atoms with Gasteiger partial charge in [0.2, 0.25) is 0 Å². The molecule has 0 N–H and O–H groups in total. The molecule has 0 aliphatic carbocycles. The average Bonchev–Trinajstić information content (AvgIpc) is 2.97. The highest BCUT2D eigenvalue weighted by Crippen LogP contribution is 2.59. The van der Waals surface area contributed by atoms with E-state index >= 15 is 0 Å². The van der Waals surface area contributed by atoms with Crippen LogP contribution in [-0.2, 0) is 18.5 Å². The highest BCUT2D eigenvalue weighted by molar-refractivity contribution is 7.54. The lowest BCUT2D eigenvalue weighted by atomic mass is 9.99. The fraction of sp³-hybridized carbons (Fsp3) is 0.444. The molecule has 1 heterocycles. The lowest BCUT2D eigenvalue weighted by Crippen LogP contribution is -2.25. The van der Waals surface area contributed by atoms with E-state index in [4.69, 9.17) is 13.9 Å². The predicted octanol–water partition coefficient (Wildman–Crippen LogP) is 4.74. The molecule has 5 nitrogen and oxygen atoms in total. The number of nitrogens with zero attached hydrogens (tertiary/aromatic N) is 1. The van der Waals surface area contributed by atoms with Crippen LogP contribution in [0, 0.1) is 0 Å². The van der Waals surface area contributed by atoms with E-state index in [1.807, 2.05) is 32.0 Å². The molecule has 1 aliphatic rings. The molecule has 1 fully saturated rings. The zero-order chi connectivity index (χ0) is 17.2.